The summed E-state index contributed by atoms with van der Waals surface area (Å²) in [5, 5.41) is 1.76. The van der Waals surface area contributed by atoms with Gasteiger partial charge in [-0.2, -0.15) is 0 Å². The van der Waals surface area contributed by atoms with Gasteiger partial charge in [-0.3, -0.25) is 9.28 Å². The summed E-state index contributed by atoms with van der Waals surface area (Å²) in [7, 11) is 5.93. The highest BCUT2D eigenvalue weighted by molar-refractivity contribution is 6.12. The molecule has 0 aliphatic carbocycles. The standard InChI is InChI=1S/C11H13N2O/c1-13(2,3)10-8-6-4-5-7-9(8)12-11(10)14/h4-7H,1-3H3/q+1. The lowest BCUT2D eigenvalue weighted by Crippen LogP contribution is -2.39. The van der Waals surface area contributed by atoms with Gasteiger partial charge in [0, 0.05) is 0 Å². The SMILES string of the molecule is C[N+](C)(C)C1=c2ccccc2=NC1=O. The monoisotopic (exact) mass is 189 g/mol. The molecule has 3 nitrogen and oxygen atoms in total. The lowest BCUT2D eigenvalue weighted by Gasteiger charge is -2.22. The Kier molecular flexibility index (Phi) is 1.79. The van der Waals surface area contributed by atoms with E-state index in [2.05, 4.69) is 4.99 Å². The van der Waals surface area contributed by atoms with Gasteiger partial charge in [0.15, 0.2) is 0 Å². The van der Waals surface area contributed by atoms with Gasteiger partial charge >= 0.3 is 5.91 Å². The molecule has 0 bridgehead atoms. The van der Waals surface area contributed by atoms with E-state index in [4.69, 9.17) is 0 Å². The number of fused-ring (bicyclic) bond motifs is 1. The molecular formula is C11H13N2O+. The second-order valence-corrected chi connectivity index (χ2v) is 4.30. The van der Waals surface area contributed by atoms with E-state index >= 15 is 0 Å². The fraction of sp³-hybridized carbons (Fsp3) is 0.273. The summed E-state index contributed by atoms with van der Waals surface area (Å²) < 4.78 is 0.513. The van der Waals surface area contributed by atoms with Crippen LogP contribution >= 0.6 is 0 Å². The maximum atomic E-state index is 11.7. The number of likely N-dealkylation sites (N-methyl/N-ethyl adjacent to an activating group) is 1. The zero-order valence-electron chi connectivity index (χ0n) is 8.61. The lowest BCUT2D eigenvalue weighted by atomic mass is 10.2. The summed E-state index contributed by atoms with van der Waals surface area (Å²) >= 11 is 0. The van der Waals surface area contributed by atoms with Gasteiger partial charge < -0.3 is 0 Å². The zero-order valence-corrected chi connectivity index (χ0v) is 8.61. The van der Waals surface area contributed by atoms with Crippen LogP contribution in [0.25, 0.3) is 5.70 Å². The van der Waals surface area contributed by atoms with Crippen LogP contribution in [0.3, 0.4) is 0 Å². The van der Waals surface area contributed by atoms with Crippen molar-refractivity contribution in [2.45, 2.75) is 0 Å². The third-order valence-corrected chi connectivity index (χ3v) is 2.25. The fourth-order valence-electron chi connectivity index (χ4n) is 1.70. The first-order chi connectivity index (χ1) is 6.50. The van der Waals surface area contributed by atoms with Crippen LogP contribution in [-0.4, -0.2) is 31.5 Å². The Morgan fingerprint density at radius 1 is 1.14 bits per heavy atom. The van der Waals surface area contributed by atoms with E-state index in [1.165, 1.54) is 0 Å². The fourth-order valence-corrected chi connectivity index (χ4v) is 1.70. The van der Waals surface area contributed by atoms with Crippen molar-refractivity contribution in [3.63, 3.8) is 0 Å². The first kappa shape index (κ1) is 9.09. The van der Waals surface area contributed by atoms with Gasteiger partial charge in [0.05, 0.1) is 31.7 Å². The zero-order chi connectivity index (χ0) is 10.3. The minimum atomic E-state index is -0.112. The van der Waals surface area contributed by atoms with E-state index in [0.717, 1.165) is 16.3 Å². The van der Waals surface area contributed by atoms with E-state index in [0.29, 0.717) is 4.48 Å². The van der Waals surface area contributed by atoms with Crippen LogP contribution < -0.4 is 10.6 Å². The van der Waals surface area contributed by atoms with Gasteiger partial charge in [0.1, 0.15) is 0 Å². The molecule has 0 fully saturated rings. The third-order valence-electron chi connectivity index (χ3n) is 2.25. The summed E-state index contributed by atoms with van der Waals surface area (Å²) in [5.41, 5.74) is 0.764. The van der Waals surface area contributed by atoms with E-state index in [-0.39, 0.29) is 5.91 Å². The number of carbonyl (C=O) groups is 1. The molecule has 0 saturated carbocycles. The van der Waals surface area contributed by atoms with Gasteiger partial charge in [0.25, 0.3) is 0 Å². The predicted molar refractivity (Wildman–Crippen MR) is 53.7 cm³/mol. The number of rotatable bonds is 1. The highest BCUT2D eigenvalue weighted by Crippen LogP contribution is 2.10. The molecule has 0 saturated heterocycles. The molecule has 0 radical (unpaired) electrons. The number of benzene rings is 1. The number of quaternary nitrogens is 1. The summed E-state index contributed by atoms with van der Waals surface area (Å²) in [6.07, 6.45) is 0. The number of nitrogens with zero attached hydrogens (tertiary/aromatic N) is 2. The Hall–Kier alpha value is -1.48. The number of hydrogen-bond acceptors (Lipinski definition) is 1. The molecule has 0 atom stereocenters. The van der Waals surface area contributed by atoms with Crippen LogP contribution in [0.5, 0.6) is 0 Å². The largest absolute Gasteiger partial charge is 0.332 e. The van der Waals surface area contributed by atoms with Crippen LogP contribution in [0.4, 0.5) is 0 Å². The maximum absolute atomic E-state index is 11.7. The van der Waals surface area contributed by atoms with E-state index in [9.17, 15) is 4.79 Å². The molecule has 1 aliphatic heterocycles. The van der Waals surface area contributed by atoms with Gasteiger partial charge in [-0.25, -0.2) is 4.99 Å². The molecule has 1 amide bonds. The Morgan fingerprint density at radius 2 is 1.79 bits per heavy atom. The van der Waals surface area contributed by atoms with Crippen molar-refractivity contribution in [1.82, 2.24) is 0 Å². The first-order valence-electron chi connectivity index (χ1n) is 4.54. The summed E-state index contributed by atoms with van der Waals surface area (Å²) in [5.74, 6) is -0.112. The van der Waals surface area contributed by atoms with Crippen LogP contribution in [0.2, 0.25) is 0 Å². The van der Waals surface area contributed by atoms with Crippen molar-refractivity contribution in [2.75, 3.05) is 21.1 Å². The average molecular weight is 189 g/mol. The Bertz CT molecular complexity index is 509. The minimum Gasteiger partial charge on any atom is -0.293 e. The molecule has 0 spiro atoms. The van der Waals surface area contributed by atoms with Crippen molar-refractivity contribution in [2.24, 2.45) is 4.99 Å². The second-order valence-electron chi connectivity index (χ2n) is 4.30. The summed E-state index contributed by atoms with van der Waals surface area (Å²) in [6.45, 7) is 0. The molecule has 1 aromatic carbocycles. The van der Waals surface area contributed by atoms with Gasteiger partial charge in [0.2, 0.25) is 5.70 Å². The molecule has 1 aliphatic rings. The van der Waals surface area contributed by atoms with Crippen LogP contribution in [0.1, 0.15) is 0 Å². The summed E-state index contributed by atoms with van der Waals surface area (Å²) in [4.78, 5) is 15.7. The van der Waals surface area contributed by atoms with E-state index in [1.54, 1.807) is 0 Å². The Balaban J connectivity index is 2.86. The maximum Gasteiger partial charge on any atom is 0.332 e. The topological polar surface area (TPSA) is 29.4 Å². The average Bonchev–Trinajstić information content (AvgIpc) is 2.38. The molecule has 3 heteroatoms. The van der Waals surface area contributed by atoms with Gasteiger partial charge in [-0.1, -0.05) is 12.1 Å². The van der Waals surface area contributed by atoms with Crippen molar-refractivity contribution >= 4 is 11.6 Å². The highest BCUT2D eigenvalue weighted by atomic mass is 16.1. The Morgan fingerprint density at radius 3 is 2.43 bits per heavy atom. The normalized spacial score (nSPS) is 15.4. The van der Waals surface area contributed by atoms with Crippen molar-refractivity contribution in [1.29, 1.82) is 0 Å². The van der Waals surface area contributed by atoms with Gasteiger partial charge in [-0.15, -0.1) is 0 Å². The molecular weight excluding hydrogens is 176 g/mol. The number of amides is 1. The minimum absolute atomic E-state index is 0.112. The first-order valence-corrected chi connectivity index (χ1v) is 4.54. The summed E-state index contributed by atoms with van der Waals surface area (Å²) in [6, 6.07) is 7.65. The second kappa shape index (κ2) is 2.75. The molecule has 14 heavy (non-hydrogen) atoms. The lowest BCUT2D eigenvalue weighted by molar-refractivity contribution is -0.795. The van der Waals surface area contributed by atoms with E-state index in [1.807, 2.05) is 45.4 Å². The molecule has 1 aromatic rings. The highest BCUT2D eigenvalue weighted by Gasteiger charge is 2.28. The van der Waals surface area contributed by atoms with Crippen LogP contribution in [0.15, 0.2) is 29.3 Å². The molecule has 0 N–H and O–H groups in total. The van der Waals surface area contributed by atoms with Crippen LogP contribution in [0, 0.1) is 0 Å². The Labute approximate surface area is 82.6 Å². The van der Waals surface area contributed by atoms with E-state index < -0.39 is 0 Å². The van der Waals surface area contributed by atoms with Crippen molar-refractivity contribution in [3.8, 4) is 0 Å². The third kappa shape index (κ3) is 1.26. The quantitative estimate of drug-likeness (QED) is 0.556. The molecule has 2 rings (SSSR count). The predicted octanol–water partition coefficient (Wildman–Crippen LogP) is -0.339. The molecule has 1 heterocycles. The number of hydrogen-bond donors (Lipinski definition) is 0. The number of carbonyl (C=O) groups excluding carboxylic acids is 1. The van der Waals surface area contributed by atoms with Gasteiger partial charge in [-0.05, 0) is 12.1 Å². The molecule has 0 aromatic heterocycles. The van der Waals surface area contributed by atoms with Crippen molar-refractivity contribution < 1.29 is 9.28 Å². The molecule has 0 unspecified atom stereocenters. The number of para-hydroxylation sites is 1. The molecule has 72 valence electrons. The van der Waals surface area contributed by atoms with Crippen LogP contribution in [-0.2, 0) is 4.79 Å². The van der Waals surface area contributed by atoms with Crippen molar-refractivity contribution in [3.05, 3.63) is 34.8 Å². The smallest absolute Gasteiger partial charge is 0.293 e.